The molecule has 3 N–H and O–H groups in total. The van der Waals surface area contributed by atoms with E-state index in [1.165, 1.54) is 5.56 Å². The number of carbonyl (C=O) groups is 1. The molecule has 0 spiro atoms. The normalized spacial score (nSPS) is 13.8. The first-order valence-electron chi connectivity index (χ1n) is 7.90. The zero-order valence-electron chi connectivity index (χ0n) is 14.2. The molecule has 2 aromatic rings. The van der Waals surface area contributed by atoms with E-state index >= 15 is 0 Å². The Hall–Kier alpha value is -2.14. The third-order valence-corrected chi connectivity index (χ3v) is 4.30. The number of nitrogens with one attached hydrogen (secondary N) is 1. The molecule has 0 aliphatic carbocycles. The highest BCUT2D eigenvalue weighted by atomic mass is 16.5. The molecule has 2 atom stereocenters. The summed E-state index contributed by atoms with van der Waals surface area (Å²) in [6.45, 7) is 8.23. The first-order valence-corrected chi connectivity index (χ1v) is 7.90. The molecule has 0 saturated heterocycles. The first-order chi connectivity index (χ1) is 10.9. The molecule has 0 saturated carbocycles. The van der Waals surface area contributed by atoms with E-state index in [0.29, 0.717) is 0 Å². The summed E-state index contributed by atoms with van der Waals surface area (Å²) in [6.07, 6.45) is 3.51. The van der Waals surface area contributed by atoms with Crippen molar-refractivity contribution in [1.82, 2.24) is 9.97 Å². The largest absolute Gasteiger partial charge is 0.460 e. The Kier molecular flexibility index (Phi) is 5.55. The van der Waals surface area contributed by atoms with Gasteiger partial charge in [-0.05, 0) is 29.5 Å². The van der Waals surface area contributed by atoms with Crippen molar-refractivity contribution < 1.29 is 9.53 Å². The second-order valence-corrected chi connectivity index (χ2v) is 6.24. The van der Waals surface area contributed by atoms with E-state index in [1.807, 2.05) is 39.1 Å². The van der Waals surface area contributed by atoms with Gasteiger partial charge in [-0.25, -0.2) is 4.98 Å². The number of carbonyl (C=O) groups excluding carboxylic acids is 1. The fraction of sp³-hybridized carbons (Fsp3) is 0.444. The number of imidazole rings is 1. The standard InChI is InChI=1S/C18H25N3O2/c1-11(2)17(19)18(22)23-9-14-6-5-7-15(12(14)3)13(4)16-8-20-10-21-16/h5-8,10-11,13,17H,9,19H2,1-4H3,(H,20,21). The maximum absolute atomic E-state index is 11.9. The number of nitrogens with zero attached hydrogens (tertiary/aromatic N) is 1. The quantitative estimate of drug-likeness (QED) is 0.803. The van der Waals surface area contributed by atoms with Crippen molar-refractivity contribution in [2.45, 2.75) is 46.3 Å². The van der Waals surface area contributed by atoms with Crippen molar-refractivity contribution in [2.75, 3.05) is 0 Å². The van der Waals surface area contributed by atoms with E-state index in [9.17, 15) is 4.79 Å². The molecule has 0 radical (unpaired) electrons. The van der Waals surface area contributed by atoms with Crippen LogP contribution < -0.4 is 5.73 Å². The topological polar surface area (TPSA) is 81.0 Å². The second-order valence-electron chi connectivity index (χ2n) is 6.24. The molecule has 0 bridgehead atoms. The van der Waals surface area contributed by atoms with Gasteiger partial charge in [0.25, 0.3) is 0 Å². The lowest BCUT2D eigenvalue weighted by Crippen LogP contribution is -2.36. The average molecular weight is 315 g/mol. The highest BCUT2D eigenvalue weighted by molar-refractivity contribution is 5.75. The molecule has 2 unspecified atom stereocenters. The summed E-state index contributed by atoms with van der Waals surface area (Å²) in [5, 5.41) is 0. The smallest absolute Gasteiger partial charge is 0.323 e. The lowest BCUT2D eigenvalue weighted by Gasteiger charge is -2.18. The number of rotatable bonds is 6. The molecular formula is C18H25N3O2. The van der Waals surface area contributed by atoms with Crippen molar-refractivity contribution in [2.24, 2.45) is 11.7 Å². The molecule has 23 heavy (non-hydrogen) atoms. The molecule has 0 fully saturated rings. The molecule has 124 valence electrons. The molecule has 2 rings (SSSR count). The van der Waals surface area contributed by atoms with Crippen molar-refractivity contribution >= 4 is 5.97 Å². The summed E-state index contributed by atoms with van der Waals surface area (Å²) in [6, 6.07) is 5.47. The highest BCUT2D eigenvalue weighted by Gasteiger charge is 2.20. The number of aromatic nitrogens is 2. The summed E-state index contributed by atoms with van der Waals surface area (Å²) in [5.74, 6) is -0.0900. The lowest BCUT2D eigenvalue weighted by atomic mass is 9.91. The Bertz CT molecular complexity index is 650. The van der Waals surface area contributed by atoms with E-state index in [1.54, 1.807) is 6.33 Å². The highest BCUT2D eigenvalue weighted by Crippen LogP contribution is 2.27. The van der Waals surface area contributed by atoms with Crippen LogP contribution in [0.2, 0.25) is 0 Å². The van der Waals surface area contributed by atoms with E-state index in [-0.39, 0.29) is 24.4 Å². The van der Waals surface area contributed by atoms with Gasteiger partial charge in [-0.1, -0.05) is 39.0 Å². The minimum absolute atomic E-state index is 0.0651. The van der Waals surface area contributed by atoms with Gasteiger partial charge in [-0.15, -0.1) is 0 Å². The van der Waals surface area contributed by atoms with Gasteiger partial charge in [0.2, 0.25) is 0 Å². The molecular weight excluding hydrogens is 290 g/mol. The van der Waals surface area contributed by atoms with E-state index < -0.39 is 6.04 Å². The fourth-order valence-electron chi connectivity index (χ4n) is 2.52. The maximum atomic E-state index is 11.9. The Labute approximate surface area is 137 Å². The summed E-state index contributed by atoms with van der Waals surface area (Å²) < 4.78 is 5.37. The Morgan fingerprint density at radius 3 is 2.70 bits per heavy atom. The van der Waals surface area contributed by atoms with E-state index in [0.717, 1.165) is 16.8 Å². The Morgan fingerprint density at radius 2 is 2.09 bits per heavy atom. The van der Waals surface area contributed by atoms with Gasteiger partial charge in [0.05, 0.1) is 6.33 Å². The van der Waals surface area contributed by atoms with Crippen LogP contribution in [0.5, 0.6) is 0 Å². The van der Waals surface area contributed by atoms with Gasteiger partial charge in [-0.2, -0.15) is 0 Å². The number of hydrogen-bond donors (Lipinski definition) is 2. The minimum atomic E-state index is -0.581. The van der Waals surface area contributed by atoms with Crippen molar-refractivity contribution in [1.29, 1.82) is 0 Å². The van der Waals surface area contributed by atoms with Gasteiger partial charge >= 0.3 is 5.97 Å². The lowest BCUT2D eigenvalue weighted by molar-refractivity contribution is -0.147. The van der Waals surface area contributed by atoms with Crippen molar-refractivity contribution in [3.05, 3.63) is 53.1 Å². The zero-order valence-corrected chi connectivity index (χ0v) is 14.2. The van der Waals surface area contributed by atoms with Crippen LogP contribution in [0.4, 0.5) is 0 Å². The number of benzene rings is 1. The van der Waals surface area contributed by atoms with Crippen LogP contribution in [0.1, 0.15) is 49.1 Å². The summed E-state index contributed by atoms with van der Waals surface area (Å²) >= 11 is 0. The van der Waals surface area contributed by atoms with E-state index in [4.69, 9.17) is 10.5 Å². The first kappa shape index (κ1) is 17.2. The number of ether oxygens (including phenoxy) is 1. The molecule has 5 heteroatoms. The van der Waals surface area contributed by atoms with Crippen LogP contribution >= 0.6 is 0 Å². The van der Waals surface area contributed by atoms with Gasteiger partial charge < -0.3 is 15.5 Å². The van der Waals surface area contributed by atoms with E-state index in [2.05, 4.69) is 23.0 Å². The monoisotopic (exact) mass is 315 g/mol. The van der Waals surface area contributed by atoms with Crippen LogP contribution in [0.25, 0.3) is 0 Å². The molecule has 1 heterocycles. The van der Waals surface area contributed by atoms with Crippen molar-refractivity contribution in [3.63, 3.8) is 0 Å². The number of esters is 1. The maximum Gasteiger partial charge on any atom is 0.323 e. The molecule has 0 aliphatic rings. The minimum Gasteiger partial charge on any atom is -0.460 e. The summed E-state index contributed by atoms with van der Waals surface area (Å²) in [5.41, 5.74) is 10.2. The molecule has 1 aromatic heterocycles. The third kappa shape index (κ3) is 3.99. The predicted octanol–water partition coefficient (Wildman–Crippen LogP) is 2.90. The number of H-pyrrole nitrogens is 1. The fourth-order valence-corrected chi connectivity index (χ4v) is 2.52. The molecule has 0 aliphatic heterocycles. The third-order valence-electron chi connectivity index (χ3n) is 4.30. The molecule has 5 nitrogen and oxygen atoms in total. The van der Waals surface area contributed by atoms with Crippen molar-refractivity contribution in [3.8, 4) is 0 Å². The van der Waals surface area contributed by atoms with Crippen LogP contribution in [0.15, 0.2) is 30.7 Å². The Balaban J connectivity index is 2.12. The second kappa shape index (κ2) is 7.42. The van der Waals surface area contributed by atoms with Crippen LogP contribution in [-0.2, 0) is 16.1 Å². The van der Waals surface area contributed by atoms with Crippen LogP contribution in [0.3, 0.4) is 0 Å². The Morgan fingerprint density at radius 1 is 1.35 bits per heavy atom. The van der Waals surface area contributed by atoms with Gasteiger partial charge in [-0.3, -0.25) is 4.79 Å². The summed E-state index contributed by atoms with van der Waals surface area (Å²) in [4.78, 5) is 19.1. The zero-order chi connectivity index (χ0) is 17.0. The number of aromatic amines is 1. The predicted molar refractivity (Wildman–Crippen MR) is 89.9 cm³/mol. The SMILES string of the molecule is Cc1c(COC(=O)C(N)C(C)C)cccc1C(C)c1cnc[nH]1. The average Bonchev–Trinajstić information content (AvgIpc) is 3.06. The number of nitrogens with two attached hydrogens (primary N) is 1. The van der Waals surface area contributed by atoms with Crippen LogP contribution in [-0.4, -0.2) is 22.0 Å². The van der Waals surface area contributed by atoms with Crippen LogP contribution in [0, 0.1) is 12.8 Å². The molecule has 0 amide bonds. The van der Waals surface area contributed by atoms with Gasteiger partial charge in [0.1, 0.15) is 12.6 Å². The summed E-state index contributed by atoms with van der Waals surface area (Å²) in [7, 11) is 0. The molecule has 1 aromatic carbocycles. The van der Waals surface area contributed by atoms with Gasteiger partial charge in [0.15, 0.2) is 0 Å². The van der Waals surface area contributed by atoms with Gasteiger partial charge in [0, 0.05) is 17.8 Å². The number of hydrogen-bond acceptors (Lipinski definition) is 4.